The standard InChI is InChI=1S/C8H6F3N4OS/c1-16-3-4-2-5(17)12-7-13-6(8(9,10)11)14-15(4)7/h2H,3H2,1H3. The molecule has 17 heavy (non-hydrogen) atoms. The van der Waals surface area contributed by atoms with Crippen LogP contribution < -0.4 is 0 Å². The van der Waals surface area contributed by atoms with E-state index in [4.69, 9.17) is 17.4 Å². The van der Waals surface area contributed by atoms with Gasteiger partial charge in [0.25, 0.3) is 11.6 Å². The molecule has 0 spiro atoms. The Morgan fingerprint density at radius 3 is 2.71 bits per heavy atom. The largest absolute Gasteiger partial charge is 0.453 e. The van der Waals surface area contributed by atoms with E-state index in [-0.39, 0.29) is 17.4 Å². The van der Waals surface area contributed by atoms with Gasteiger partial charge in [-0.3, -0.25) is 0 Å². The first-order valence-electron chi connectivity index (χ1n) is 4.41. The van der Waals surface area contributed by atoms with Crippen LogP contribution in [0.25, 0.3) is 5.78 Å². The van der Waals surface area contributed by atoms with Crippen molar-refractivity contribution in [1.82, 2.24) is 19.6 Å². The Morgan fingerprint density at radius 2 is 2.12 bits per heavy atom. The quantitative estimate of drug-likeness (QED) is 0.776. The molecular weight excluding hydrogens is 257 g/mol. The zero-order valence-corrected chi connectivity index (χ0v) is 9.34. The van der Waals surface area contributed by atoms with Crippen LogP contribution in [-0.4, -0.2) is 26.7 Å². The predicted octanol–water partition coefficient (Wildman–Crippen LogP) is 1.85. The van der Waals surface area contributed by atoms with E-state index in [0.717, 1.165) is 4.52 Å². The molecule has 5 nitrogen and oxygen atoms in total. The first kappa shape index (κ1) is 12.0. The SMILES string of the molecule is COCc1cc([S])nc2nc(C(F)(F)F)nn12. The lowest BCUT2D eigenvalue weighted by Gasteiger charge is -2.02. The van der Waals surface area contributed by atoms with Crippen LogP contribution in [0.1, 0.15) is 11.5 Å². The molecule has 2 heterocycles. The molecule has 91 valence electrons. The van der Waals surface area contributed by atoms with Crippen molar-refractivity contribution in [1.29, 1.82) is 0 Å². The Kier molecular flexibility index (Phi) is 2.87. The number of hydrogen-bond donors (Lipinski definition) is 0. The second-order valence-electron chi connectivity index (χ2n) is 3.16. The monoisotopic (exact) mass is 263 g/mol. The first-order chi connectivity index (χ1) is 7.91. The van der Waals surface area contributed by atoms with E-state index in [1.54, 1.807) is 0 Å². The summed E-state index contributed by atoms with van der Waals surface area (Å²) in [5.41, 5.74) is 0.366. The van der Waals surface area contributed by atoms with Gasteiger partial charge in [-0.25, -0.2) is 0 Å². The van der Waals surface area contributed by atoms with Crippen LogP contribution in [0.15, 0.2) is 11.1 Å². The van der Waals surface area contributed by atoms with Gasteiger partial charge in [-0.05, 0) is 6.07 Å². The van der Waals surface area contributed by atoms with Gasteiger partial charge in [0.2, 0.25) is 0 Å². The highest BCUT2D eigenvalue weighted by molar-refractivity contribution is 7.80. The summed E-state index contributed by atoms with van der Waals surface area (Å²) in [5, 5.41) is 3.48. The average Bonchev–Trinajstić information content (AvgIpc) is 2.61. The van der Waals surface area contributed by atoms with E-state index in [1.165, 1.54) is 13.2 Å². The maximum Gasteiger partial charge on any atom is 0.453 e. The van der Waals surface area contributed by atoms with Gasteiger partial charge < -0.3 is 4.74 Å². The molecule has 0 saturated heterocycles. The fourth-order valence-corrected chi connectivity index (χ4v) is 1.49. The summed E-state index contributed by atoms with van der Waals surface area (Å²) in [4.78, 5) is 6.98. The van der Waals surface area contributed by atoms with Crippen molar-refractivity contribution in [2.24, 2.45) is 0 Å². The van der Waals surface area contributed by atoms with Crippen LogP contribution in [0.2, 0.25) is 0 Å². The number of methoxy groups -OCH3 is 1. The van der Waals surface area contributed by atoms with E-state index in [9.17, 15) is 13.2 Å². The lowest BCUT2D eigenvalue weighted by Crippen LogP contribution is -2.08. The molecule has 0 aromatic carbocycles. The number of nitrogens with zero attached hydrogens (tertiary/aromatic N) is 4. The number of aromatic nitrogens is 4. The molecule has 0 aliphatic heterocycles. The maximum absolute atomic E-state index is 12.4. The highest BCUT2D eigenvalue weighted by Crippen LogP contribution is 2.26. The minimum absolute atomic E-state index is 0.0727. The van der Waals surface area contributed by atoms with E-state index < -0.39 is 12.0 Å². The van der Waals surface area contributed by atoms with Crippen LogP contribution in [0.4, 0.5) is 13.2 Å². The van der Waals surface area contributed by atoms with Crippen LogP contribution in [0, 0.1) is 0 Å². The summed E-state index contributed by atoms with van der Waals surface area (Å²) in [6.45, 7) is 0.0727. The van der Waals surface area contributed by atoms with E-state index >= 15 is 0 Å². The lowest BCUT2D eigenvalue weighted by atomic mass is 10.4. The molecule has 1 radical (unpaired) electrons. The van der Waals surface area contributed by atoms with Gasteiger partial charge >= 0.3 is 6.18 Å². The zero-order chi connectivity index (χ0) is 12.6. The van der Waals surface area contributed by atoms with Gasteiger partial charge in [0.15, 0.2) is 0 Å². The average molecular weight is 263 g/mol. The van der Waals surface area contributed by atoms with Gasteiger partial charge in [-0.2, -0.15) is 27.7 Å². The van der Waals surface area contributed by atoms with Crippen molar-refractivity contribution in [2.75, 3.05) is 7.11 Å². The van der Waals surface area contributed by atoms with Crippen molar-refractivity contribution < 1.29 is 17.9 Å². The minimum Gasteiger partial charge on any atom is -0.378 e. The van der Waals surface area contributed by atoms with Gasteiger partial charge in [0.05, 0.1) is 12.3 Å². The predicted molar refractivity (Wildman–Crippen MR) is 52.4 cm³/mol. The number of halogens is 3. The normalized spacial score (nSPS) is 12.2. The van der Waals surface area contributed by atoms with Gasteiger partial charge in [-0.1, -0.05) is 12.6 Å². The molecule has 0 aliphatic rings. The Balaban J connectivity index is 2.63. The van der Waals surface area contributed by atoms with E-state index in [0.29, 0.717) is 5.69 Å². The zero-order valence-electron chi connectivity index (χ0n) is 8.52. The molecule has 2 aromatic rings. The van der Waals surface area contributed by atoms with Crippen molar-refractivity contribution in [3.05, 3.63) is 17.6 Å². The Hall–Kier alpha value is -1.48. The third kappa shape index (κ3) is 2.29. The Labute approximate surface area is 99.0 Å². The Morgan fingerprint density at radius 1 is 1.41 bits per heavy atom. The first-order valence-corrected chi connectivity index (χ1v) is 4.82. The number of rotatable bonds is 2. The lowest BCUT2D eigenvalue weighted by molar-refractivity contribution is -0.144. The molecule has 2 aromatic heterocycles. The number of fused-ring (bicyclic) bond motifs is 1. The number of alkyl halides is 3. The molecule has 0 amide bonds. The summed E-state index contributed by atoms with van der Waals surface area (Å²) in [7, 11) is 1.41. The molecule has 0 aliphatic carbocycles. The highest BCUT2D eigenvalue weighted by Gasteiger charge is 2.36. The van der Waals surface area contributed by atoms with Crippen LogP contribution in [0.3, 0.4) is 0 Å². The molecule has 0 unspecified atom stereocenters. The van der Waals surface area contributed by atoms with E-state index in [1.807, 2.05) is 0 Å². The fourth-order valence-electron chi connectivity index (χ4n) is 1.27. The second-order valence-corrected chi connectivity index (χ2v) is 3.58. The molecule has 9 heteroatoms. The van der Waals surface area contributed by atoms with Crippen molar-refractivity contribution in [2.45, 2.75) is 17.8 Å². The summed E-state index contributed by atoms with van der Waals surface area (Å²) in [6, 6.07) is 1.42. The van der Waals surface area contributed by atoms with E-state index in [2.05, 4.69) is 15.1 Å². The topological polar surface area (TPSA) is 52.3 Å². The maximum atomic E-state index is 12.4. The molecular formula is C8H6F3N4OS. The van der Waals surface area contributed by atoms with Gasteiger partial charge in [0.1, 0.15) is 5.03 Å². The molecule has 0 fully saturated rings. The molecule has 0 saturated carbocycles. The van der Waals surface area contributed by atoms with Crippen molar-refractivity contribution in [3.63, 3.8) is 0 Å². The number of hydrogen-bond acceptors (Lipinski definition) is 4. The highest BCUT2D eigenvalue weighted by atomic mass is 32.1. The third-order valence-corrected chi connectivity index (χ3v) is 2.12. The third-order valence-electron chi connectivity index (χ3n) is 1.91. The molecule has 0 N–H and O–H groups in total. The smallest absolute Gasteiger partial charge is 0.378 e. The summed E-state index contributed by atoms with van der Waals surface area (Å²) < 4.78 is 43.1. The van der Waals surface area contributed by atoms with Crippen molar-refractivity contribution in [3.8, 4) is 0 Å². The number of ether oxygens (including phenoxy) is 1. The van der Waals surface area contributed by atoms with Crippen LogP contribution in [0.5, 0.6) is 0 Å². The van der Waals surface area contributed by atoms with Crippen LogP contribution >= 0.6 is 12.6 Å². The fraction of sp³-hybridized carbons (Fsp3) is 0.375. The minimum atomic E-state index is -4.61. The Bertz CT molecular complexity index is 553. The molecule has 0 atom stereocenters. The summed E-state index contributed by atoms with van der Waals surface area (Å²) >= 11 is 4.81. The summed E-state index contributed by atoms with van der Waals surface area (Å²) in [6.07, 6.45) is -4.61. The molecule has 0 bridgehead atoms. The molecule has 2 rings (SSSR count). The second kappa shape index (κ2) is 4.08. The van der Waals surface area contributed by atoms with Gasteiger partial charge in [0, 0.05) is 7.11 Å². The summed E-state index contributed by atoms with van der Waals surface area (Å²) in [5.74, 6) is -1.43. The van der Waals surface area contributed by atoms with Crippen LogP contribution in [-0.2, 0) is 17.5 Å². The van der Waals surface area contributed by atoms with Crippen molar-refractivity contribution >= 4 is 18.4 Å². The van der Waals surface area contributed by atoms with Gasteiger partial charge in [-0.15, -0.1) is 5.10 Å².